The molecule has 1 aromatic carbocycles. The zero-order valence-corrected chi connectivity index (χ0v) is 6.43. The van der Waals surface area contributed by atoms with Crippen molar-refractivity contribution in [2.24, 2.45) is 0 Å². The van der Waals surface area contributed by atoms with Crippen molar-refractivity contribution < 1.29 is 24.5 Å². The molecule has 0 saturated heterocycles. The van der Waals surface area contributed by atoms with E-state index in [9.17, 15) is 9.59 Å². The summed E-state index contributed by atoms with van der Waals surface area (Å²) in [5, 5.41) is 17.7. The third kappa shape index (κ3) is 1.76. The number of rotatable bonds is 3. The summed E-state index contributed by atoms with van der Waals surface area (Å²) in [6, 6.07) is 3.79. The molecule has 0 aliphatic rings. The number of carbonyl (C=O) groups is 2. The first kappa shape index (κ1) is 9.05. The summed E-state index contributed by atoms with van der Waals surface area (Å²) in [6.45, 7) is 0.0570. The molecule has 0 saturated carbocycles. The molecule has 0 aromatic heterocycles. The number of para-hydroxylation sites is 1. The van der Waals surface area contributed by atoms with Crippen molar-refractivity contribution in [1.82, 2.24) is 0 Å². The lowest BCUT2D eigenvalue weighted by atomic mass is 10.2. The molecule has 0 spiro atoms. The van der Waals surface area contributed by atoms with E-state index in [4.69, 9.17) is 10.2 Å². The Bertz CT molecular complexity index is 344. The molecule has 2 N–H and O–H groups in total. The van der Waals surface area contributed by atoms with Gasteiger partial charge in [-0.05, 0) is 12.1 Å². The summed E-state index contributed by atoms with van der Waals surface area (Å²) in [4.78, 5) is 20.5. The van der Waals surface area contributed by atoms with Crippen LogP contribution in [-0.4, -0.2) is 22.7 Å². The second kappa shape index (κ2) is 3.57. The molecule has 0 atom stereocenters. The van der Waals surface area contributed by atoms with Gasteiger partial charge in [0.1, 0.15) is 5.56 Å². The molecule has 68 valence electrons. The highest BCUT2D eigenvalue weighted by molar-refractivity contribution is 5.92. The van der Waals surface area contributed by atoms with Gasteiger partial charge in [0.25, 0.3) is 6.47 Å². The molecule has 5 heteroatoms. The maximum atomic E-state index is 10.5. The van der Waals surface area contributed by atoms with Gasteiger partial charge in [-0.2, -0.15) is 0 Å². The molecular weight excluding hydrogens is 176 g/mol. The van der Waals surface area contributed by atoms with Crippen LogP contribution in [0.2, 0.25) is 0 Å². The highest BCUT2D eigenvalue weighted by Gasteiger charge is 2.14. The van der Waals surface area contributed by atoms with Crippen LogP contribution >= 0.6 is 0 Å². The molecule has 0 heterocycles. The Morgan fingerprint density at radius 2 is 2.15 bits per heavy atom. The zero-order chi connectivity index (χ0) is 9.84. The fourth-order valence-corrected chi connectivity index (χ4v) is 0.865. The number of carboxylic acid groups (broad SMARTS) is 1. The van der Waals surface area contributed by atoms with Gasteiger partial charge in [-0.15, -0.1) is 0 Å². The van der Waals surface area contributed by atoms with Gasteiger partial charge in [0.05, 0.1) is 0 Å². The van der Waals surface area contributed by atoms with Crippen LogP contribution in [0, 0.1) is 0 Å². The van der Waals surface area contributed by atoms with E-state index in [1.54, 1.807) is 0 Å². The quantitative estimate of drug-likeness (QED) is 0.669. The molecule has 1 aromatic rings. The molecule has 1 rings (SSSR count). The number of phenols is 1. The third-order valence-electron chi connectivity index (χ3n) is 1.39. The summed E-state index contributed by atoms with van der Waals surface area (Å²) < 4.78 is 4.32. The first-order valence-corrected chi connectivity index (χ1v) is 3.32. The topological polar surface area (TPSA) is 83.8 Å². The number of hydrogen-bond donors (Lipinski definition) is 2. The van der Waals surface area contributed by atoms with E-state index >= 15 is 0 Å². The average Bonchev–Trinajstić information content (AvgIpc) is 2.08. The normalized spacial score (nSPS) is 9.23. The summed E-state index contributed by atoms with van der Waals surface area (Å²) in [7, 11) is 0. The van der Waals surface area contributed by atoms with Crippen molar-refractivity contribution in [3.8, 4) is 11.5 Å². The minimum Gasteiger partial charge on any atom is -0.504 e. The van der Waals surface area contributed by atoms with Crippen molar-refractivity contribution in [3.05, 3.63) is 23.8 Å². The Hall–Kier alpha value is -2.04. The number of phenolic OH excluding ortho intramolecular Hbond substituents is 1. The Morgan fingerprint density at radius 3 is 2.69 bits per heavy atom. The first-order chi connectivity index (χ1) is 6.16. The fraction of sp³-hybridized carbons (Fsp3) is 0. The van der Waals surface area contributed by atoms with Crippen LogP contribution in [0.3, 0.4) is 0 Å². The maximum absolute atomic E-state index is 10.5. The van der Waals surface area contributed by atoms with Crippen LogP contribution < -0.4 is 4.74 Å². The van der Waals surface area contributed by atoms with Gasteiger partial charge >= 0.3 is 5.97 Å². The third-order valence-corrected chi connectivity index (χ3v) is 1.39. The van der Waals surface area contributed by atoms with Crippen LogP contribution in [-0.2, 0) is 4.79 Å². The molecular formula is C8H6O5. The van der Waals surface area contributed by atoms with E-state index in [1.807, 2.05) is 0 Å². The van der Waals surface area contributed by atoms with Crippen LogP contribution in [0.15, 0.2) is 18.2 Å². The van der Waals surface area contributed by atoms with E-state index in [2.05, 4.69) is 4.74 Å². The molecule has 13 heavy (non-hydrogen) atoms. The van der Waals surface area contributed by atoms with E-state index in [1.165, 1.54) is 18.2 Å². The van der Waals surface area contributed by atoms with E-state index in [0.717, 1.165) is 0 Å². The lowest BCUT2D eigenvalue weighted by Crippen LogP contribution is -2.01. The maximum Gasteiger partial charge on any atom is 0.339 e. The van der Waals surface area contributed by atoms with Gasteiger partial charge < -0.3 is 14.9 Å². The van der Waals surface area contributed by atoms with Gasteiger partial charge in [-0.1, -0.05) is 6.07 Å². The lowest BCUT2D eigenvalue weighted by Gasteiger charge is -2.04. The van der Waals surface area contributed by atoms with Crippen molar-refractivity contribution >= 4 is 12.4 Å². The standard InChI is InChI=1S/C8H6O5/c9-4-13-7-5(8(11)12)2-1-3-6(7)10/h1-4,10H,(H,11,12). The van der Waals surface area contributed by atoms with Crippen molar-refractivity contribution in [3.63, 3.8) is 0 Å². The minimum atomic E-state index is -1.27. The monoisotopic (exact) mass is 182 g/mol. The number of hydrogen-bond acceptors (Lipinski definition) is 4. The summed E-state index contributed by atoms with van der Waals surface area (Å²) in [6.07, 6.45) is 0. The number of ether oxygens (including phenoxy) is 1. The smallest absolute Gasteiger partial charge is 0.339 e. The average molecular weight is 182 g/mol. The predicted octanol–water partition coefficient (Wildman–Crippen LogP) is 0.626. The fourth-order valence-electron chi connectivity index (χ4n) is 0.865. The molecule has 0 radical (unpaired) electrons. The molecule has 0 fully saturated rings. The summed E-state index contributed by atoms with van der Waals surface area (Å²) in [5.74, 6) is -2.00. The SMILES string of the molecule is O=COc1c(O)cccc1C(=O)O. The first-order valence-electron chi connectivity index (χ1n) is 3.32. The highest BCUT2D eigenvalue weighted by atomic mass is 16.5. The Morgan fingerprint density at radius 1 is 1.46 bits per heavy atom. The summed E-state index contributed by atoms with van der Waals surface area (Å²) >= 11 is 0. The van der Waals surface area contributed by atoms with Crippen LogP contribution in [0.1, 0.15) is 10.4 Å². The Kier molecular flexibility index (Phi) is 2.49. The van der Waals surface area contributed by atoms with Gasteiger partial charge in [0.2, 0.25) is 0 Å². The number of carboxylic acids is 1. The largest absolute Gasteiger partial charge is 0.504 e. The highest BCUT2D eigenvalue weighted by Crippen LogP contribution is 2.29. The predicted molar refractivity (Wildman–Crippen MR) is 41.8 cm³/mol. The van der Waals surface area contributed by atoms with Crippen LogP contribution in [0.4, 0.5) is 0 Å². The molecule has 0 bridgehead atoms. The number of aromatic hydroxyl groups is 1. The second-order valence-corrected chi connectivity index (χ2v) is 2.17. The number of benzene rings is 1. The van der Waals surface area contributed by atoms with E-state index < -0.39 is 5.97 Å². The van der Waals surface area contributed by atoms with Gasteiger partial charge in [-0.25, -0.2) is 4.79 Å². The minimum absolute atomic E-state index is 0.0570. The van der Waals surface area contributed by atoms with Crippen molar-refractivity contribution in [2.45, 2.75) is 0 Å². The number of aromatic carboxylic acids is 1. The molecule has 0 unspecified atom stereocenters. The van der Waals surface area contributed by atoms with E-state index in [-0.39, 0.29) is 23.5 Å². The molecule has 5 nitrogen and oxygen atoms in total. The van der Waals surface area contributed by atoms with Crippen molar-refractivity contribution in [1.29, 1.82) is 0 Å². The Labute approximate surface area is 73.2 Å². The Balaban J connectivity index is 3.24. The molecule has 0 aliphatic carbocycles. The van der Waals surface area contributed by atoms with Crippen LogP contribution in [0.25, 0.3) is 0 Å². The van der Waals surface area contributed by atoms with E-state index in [0.29, 0.717) is 0 Å². The molecule has 0 aliphatic heterocycles. The van der Waals surface area contributed by atoms with Crippen molar-refractivity contribution in [2.75, 3.05) is 0 Å². The second-order valence-electron chi connectivity index (χ2n) is 2.17. The number of carbonyl (C=O) groups excluding carboxylic acids is 1. The summed E-state index contributed by atoms with van der Waals surface area (Å²) in [5.41, 5.74) is -0.257. The zero-order valence-electron chi connectivity index (χ0n) is 6.43. The van der Waals surface area contributed by atoms with Gasteiger partial charge in [-0.3, -0.25) is 4.79 Å². The molecule has 0 amide bonds. The van der Waals surface area contributed by atoms with Crippen LogP contribution in [0.5, 0.6) is 11.5 Å². The van der Waals surface area contributed by atoms with Gasteiger partial charge in [0.15, 0.2) is 11.5 Å². The van der Waals surface area contributed by atoms with Gasteiger partial charge in [0, 0.05) is 0 Å². The lowest BCUT2D eigenvalue weighted by molar-refractivity contribution is -0.120.